The first kappa shape index (κ1) is 33.9. The van der Waals surface area contributed by atoms with Gasteiger partial charge in [0.05, 0.1) is 18.8 Å². The minimum absolute atomic E-state index is 0.0465. The normalized spacial score (nSPS) is 17.8. The summed E-state index contributed by atoms with van der Waals surface area (Å²) in [7, 11) is 0. The highest BCUT2D eigenvalue weighted by molar-refractivity contribution is 5.91. The Morgan fingerprint density at radius 2 is 1.85 bits per heavy atom. The number of aliphatic hydroxyl groups excluding tert-OH is 3. The summed E-state index contributed by atoms with van der Waals surface area (Å²) in [6.07, 6.45) is 4.91. The molecule has 1 aliphatic heterocycles. The van der Waals surface area contributed by atoms with E-state index in [-0.39, 0.29) is 25.3 Å². The molecular formula is C41H41N7O4. The summed E-state index contributed by atoms with van der Waals surface area (Å²) < 4.78 is 6.38. The van der Waals surface area contributed by atoms with Crippen LogP contribution in [0.4, 0.5) is 11.5 Å². The highest BCUT2D eigenvalue weighted by atomic mass is 16.3. The Hall–Kier alpha value is -5.22. The number of nitriles is 1. The number of aliphatic hydroxyl groups is 3. The Morgan fingerprint density at radius 1 is 1.04 bits per heavy atom. The van der Waals surface area contributed by atoms with E-state index >= 15 is 0 Å². The third-order valence-corrected chi connectivity index (χ3v) is 10.6. The molecule has 0 bridgehead atoms. The van der Waals surface area contributed by atoms with E-state index in [2.05, 4.69) is 58.6 Å². The van der Waals surface area contributed by atoms with Crippen LogP contribution in [0.2, 0.25) is 0 Å². The van der Waals surface area contributed by atoms with Gasteiger partial charge in [0.25, 0.3) is 0 Å². The molecule has 264 valence electrons. The van der Waals surface area contributed by atoms with Crippen molar-refractivity contribution < 1.29 is 19.7 Å². The van der Waals surface area contributed by atoms with Crippen LogP contribution in [0.3, 0.4) is 0 Å². The number of nitrogens with zero attached hydrogens (tertiary/aromatic N) is 5. The number of hydrogen-bond donors (Lipinski definition) is 5. The molecule has 1 unspecified atom stereocenters. The molecule has 52 heavy (non-hydrogen) atoms. The molecule has 8 rings (SSSR count). The van der Waals surface area contributed by atoms with E-state index in [4.69, 9.17) is 14.4 Å². The van der Waals surface area contributed by atoms with E-state index in [1.54, 1.807) is 6.20 Å². The first-order chi connectivity index (χ1) is 25.3. The van der Waals surface area contributed by atoms with Gasteiger partial charge in [-0.2, -0.15) is 5.26 Å². The molecule has 1 aliphatic carbocycles. The average Bonchev–Trinajstić information content (AvgIpc) is 3.88. The molecule has 11 nitrogen and oxygen atoms in total. The van der Waals surface area contributed by atoms with Crippen LogP contribution in [0.25, 0.3) is 44.6 Å². The Kier molecular flexibility index (Phi) is 9.17. The van der Waals surface area contributed by atoms with Crippen LogP contribution >= 0.6 is 0 Å². The van der Waals surface area contributed by atoms with Crippen molar-refractivity contribution in [3.63, 3.8) is 0 Å². The lowest BCUT2D eigenvalue weighted by Crippen LogP contribution is -2.31. The molecule has 0 radical (unpaired) electrons. The van der Waals surface area contributed by atoms with Crippen molar-refractivity contribution in [3.8, 4) is 28.7 Å². The number of pyridine rings is 2. The van der Waals surface area contributed by atoms with Crippen LogP contribution in [0, 0.1) is 25.2 Å². The van der Waals surface area contributed by atoms with Gasteiger partial charge in [0.2, 0.25) is 5.89 Å². The number of aromatic nitrogens is 3. The van der Waals surface area contributed by atoms with Crippen molar-refractivity contribution in [3.05, 3.63) is 100 Å². The van der Waals surface area contributed by atoms with E-state index in [1.165, 1.54) is 0 Å². The molecule has 2 aliphatic rings. The van der Waals surface area contributed by atoms with Gasteiger partial charge < -0.3 is 30.4 Å². The van der Waals surface area contributed by atoms with Crippen LogP contribution < -0.4 is 10.6 Å². The Labute approximate surface area is 301 Å². The predicted molar refractivity (Wildman–Crippen MR) is 200 cm³/mol. The second-order valence-electron chi connectivity index (χ2n) is 14.0. The van der Waals surface area contributed by atoms with Gasteiger partial charge in [-0.3, -0.25) is 9.88 Å². The van der Waals surface area contributed by atoms with Crippen LogP contribution in [0.5, 0.6) is 0 Å². The molecule has 3 atom stereocenters. The smallest absolute Gasteiger partial charge is 0.227 e. The minimum Gasteiger partial charge on any atom is -0.435 e. The summed E-state index contributed by atoms with van der Waals surface area (Å²) in [5.41, 5.74) is 11.3. The van der Waals surface area contributed by atoms with Crippen molar-refractivity contribution >= 4 is 33.5 Å². The highest BCUT2D eigenvalue weighted by Crippen LogP contribution is 2.41. The van der Waals surface area contributed by atoms with E-state index in [0.717, 1.165) is 87.0 Å². The molecule has 4 heterocycles. The topological polar surface area (TPSA) is 164 Å². The third-order valence-electron chi connectivity index (χ3n) is 10.6. The lowest BCUT2D eigenvalue weighted by molar-refractivity contribution is 0.0919. The van der Waals surface area contributed by atoms with Gasteiger partial charge in [-0.05, 0) is 102 Å². The van der Waals surface area contributed by atoms with Gasteiger partial charge in [-0.25, -0.2) is 9.97 Å². The number of nitrogens with one attached hydrogen (secondary N) is 2. The molecule has 5 N–H and O–H groups in total. The lowest BCUT2D eigenvalue weighted by Gasteiger charge is -2.17. The number of likely N-dealkylation sites (tertiary alicyclic amines) is 1. The standard InChI is InChI=1S/C41H41N7O4/c1-23-29(5-3-7-31(23)41-47-37-16-33-32(34(17-42)39(37)52-41)9-10-36(33)44-19-28(51)22-49)30-6-4-8-35(24(30)2)46-40-38-26(11-13-43-40)15-25(18-45-38)20-48-14-12-27(50)21-48/h3-8,11,13,15-16,18,27-28,36,44,49-51H,9-10,12,14,19-22H2,1-2H3,(H,43,46)/t27-,28?,36-/m1/s1. The van der Waals surface area contributed by atoms with Crippen molar-refractivity contribution in [2.45, 2.75) is 57.9 Å². The quantitative estimate of drug-likeness (QED) is 0.117. The van der Waals surface area contributed by atoms with Crippen molar-refractivity contribution in [2.24, 2.45) is 0 Å². The third kappa shape index (κ3) is 6.29. The SMILES string of the molecule is Cc1c(Nc2nccc3cc(CN4CC[C@@H](O)C4)cnc23)cccc1-c1cccc(-c2nc3cc4c(c(C#N)c3o2)CC[C@H]4NCC(O)CO)c1C. The molecule has 6 aromatic rings. The Bertz CT molecular complexity index is 2350. The van der Waals surface area contributed by atoms with Gasteiger partial charge in [-0.1, -0.05) is 24.3 Å². The number of β-amino-alcohol motifs (C(OH)–C–C–N with tert-alkyl or cyclic N) is 1. The molecule has 0 saturated carbocycles. The van der Waals surface area contributed by atoms with E-state index < -0.39 is 6.10 Å². The zero-order valence-electron chi connectivity index (χ0n) is 29.2. The summed E-state index contributed by atoms with van der Waals surface area (Å²) in [5, 5.41) is 47.2. The van der Waals surface area contributed by atoms with Crippen LogP contribution in [-0.2, 0) is 13.0 Å². The molecule has 1 fully saturated rings. The van der Waals surface area contributed by atoms with Crippen LogP contribution in [0.1, 0.15) is 52.3 Å². The van der Waals surface area contributed by atoms with Gasteiger partial charge in [-0.15, -0.1) is 0 Å². The maximum absolute atomic E-state index is 10.2. The van der Waals surface area contributed by atoms with Crippen molar-refractivity contribution in [1.29, 1.82) is 5.26 Å². The number of oxazole rings is 1. The van der Waals surface area contributed by atoms with E-state index in [1.807, 2.05) is 42.6 Å². The number of rotatable bonds is 10. The van der Waals surface area contributed by atoms with Gasteiger partial charge in [0.1, 0.15) is 22.7 Å². The summed E-state index contributed by atoms with van der Waals surface area (Å²) in [6.45, 7) is 6.43. The average molecular weight is 696 g/mol. The fourth-order valence-electron chi connectivity index (χ4n) is 7.78. The fraction of sp³-hybridized carbons (Fsp3) is 0.317. The zero-order chi connectivity index (χ0) is 35.9. The molecular weight excluding hydrogens is 654 g/mol. The number of hydrogen-bond acceptors (Lipinski definition) is 11. The number of fused-ring (bicyclic) bond motifs is 3. The largest absolute Gasteiger partial charge is 0.435 e. The predicted octanol–water partition coefficient (Wildman–Crippen LogP) is 5.83. The number of anilines is 2. The molecule has 3 aromatic heterocycles. The fourth-order valence-corrected chi connectivity index (χ4v) is 7.78. The second-order valence-corrected chi connectivity index (χ2v) is 14.0. The summed E-state index contributed by atoms with van der Waals surface area (Å²) >= 11 is 0. The maximum Gasteiger partial charge on any atom is 0.227 e. The maximum atomic E-state index is 10.2. The molecule has 1 saturated heterocycles. The first-order valence-electron chi connectivity index (χ1n) is 17.8. The Balaban J connectivity index is 1.09. The molecule has 11 heteroatoms. The van der Waals surface area contributed by atoms with E-state index in [0.29, 0.717) is 41.3 Å². The highest BCUT2D eigenvalue weighted by Gasteiger charge is 2.29. The summed E-state index contributed by atoms with van der Waals surface area (Å²) in [4.78, 5) is 16.6. The van der Waals surface area contributed by atoms with Gasteiger partial charge in [0, 0.05) is 61.3 Å². The van der Waals surface area contributed by atoms with Crippen LogP contribution in [0.15, 0.2) is 71.4 Å². The first-order valence-corrected chi connectivity index (χ1v) is 17.8. The van der Waals surface area contributed by atoms with Crippen molar-refractivity contribution in [1.82, 2.24) is 25.2 Å². The Morgan fingerprint density at radius 3 is 2.63 bits per heavy atom. The monoisotopic (exact) mass is 695 g/mol. The molecule has 0 spiro atoms. The van der Waals surface area contributed by atoms with E-state index in [9.17, 15) is 20.6 Å². The number of benzene rings is 3. The van der Waals surface area contributed by atoms with Crippen LogP contribution in [-0.4, -0.2) is 73.6 Å². The van der Waals surface area contributed by atoms with Gasteiger partial charge >= 0.3 is 0 Å². The van der Waals surface area contributed by atoms with Gasteiger partial charge in [0.15, 0.2) is 11.4 Å². The minimum atomic E-state index is -0.847. The lowest BCUT2D eigenvalue weighted by atomic mass is 9.93. The molecule has 0 amide bonds. The zero-order valence-corrected chi connectivity index (χ0v) is 29.2. The summed E-state index contributed by atoms with van der Waals surface area (Å²) in [6, 6.07) is 20.7. The van der Waals surface area contributed by atoms with Crippen molar-refractivity contribution in [2.75, 3.05) is 31.6 Å². The molecule has 3 aromatic carbocycles. The summed E-state index contributed by atoms with van der Waals surface area (Å²) in [5.74, 6) is 1.13. The second kappa shape index (κ2) is 14.1.